The van der Waals surface area contributed by atoms with Crippen molar-refractivity contribution in [3.05, 3.63) is 12.7 Å². The molecule has 17 heavy (non-hydrogen) atoms. The van der Waals surface area contributed by atoms with Crippen LogP contribution in [-0.4, -0.2) is 43.3 Å². The van der Waals surface area contributed by atoms with Gasteiger partial charge in [0.1, 0.15) is 6.04 Å². The Morgan fingerprint density at radius 2 is 2.06 bits per heavy atom. The highest BCUT2D eigenvalue weighted by atomic mass is 16.5. The maximum Gasteiger partial charge on any atom is 0.410 e. The largest absolute Gasteiger partial charge is 0.467 e. The lowest BCUT2D eigenvalue weighted by atomic mass is 9.94. The first-order valence-electron chi connectivity index (χ1n) is 5.70. The fourth-order valence-electron chi connectivity index (χ4n) is 2.25. The third-order valence-electron chi connectivity index (χ3n) is 3.04. The van der Waals surface area contributed by atoms with Gasteiger partial charge in [-0.15, -0.1) is 6.58 Å². The molecule has 1 rings (SSSR count). The van der Waals surface area contributed by atoms with E-state index < -0.39 is 12.1 Å². The molecule has 1 aliphatic rings. The summed E-state index contributed by atoms with van der Waals surface area (Å²) >= 11 is 0. The number of hydrogen-bond donors (Lipinski definition) is 0. The number of ether oxygens (including phenoxy) is 2. The van der Waals surface area contributed by atoms with Gasteiger partial charge >= 0.3 is 12.1 Å². The number of nitrogens with zero attached hydrogens (tertiary/aromatic N) is 1. The first kappa shape index (κ1) is 13.5. The SMILES string of the molecule is C=CC[C@@H]1CCC[C@H](C(=O)OC)N1C(=O)OC. The molecule has 0 unspecified atom stereocenters. The molecule has 0 aliphatic carbocycles. The summed E-state index contributed by atoms with van der Waals surface area (Å²) in [4.78, 5) is 24.9. The van der Waals surface area contributed by atoms with Crippen LogP contribution in [0.2, 0.25) is 0 Å². The summed E-state index contributed by atoms with van der Waals surface area (Å²) in [5.41, 5.74) is 0. The Balaban J connectivity index is 2.90. The Kier molecular flexibility index (Phi) is 5.00. The highest BCUT2D eigenvalue weighted by molar-refractivity contribution is 5.81. The minimum Gasteiger partial charge on any atom is -0.467 e. The molecule has 5 nitrogen and oxygen atoms in total. The number of methoxy groups -OCH3 is 2. The minimum atomic E-state index is -0.536. The fourth-order valence-corrected chi connectivity index (χ4v) is 2.25. The molecule has 0 bridgehead atoms. The van der Waals surface area contributed by atoms with Crippen molar-refractivity contribution in [3.63, 3.8) is 0 Å². The molecule has 0 radical (unpaired) electrons. The summed E-state index contributed by atoms with van der Waals surface area (Å²) in [6.45, 7) is 3.67. The molecule has 0 aromatic carbocycles. The van der Waals surface area contributed by atoms with Crippen molar-refractivity contribution in [1.82, 2.24) is 4.90 Å². The van der Waals surface area contributed by atoms with Crippen LogP contribution in [0.3, 0.4) is 0 Å². The second-order valence-electron chi connectivity index (χ2n) is 4.03. The molecule has 0 aromatic heterocycles. The number of amides is 1. The molecule has 2 atom stereocenters. The number of piperidine rings is 1. The minimum absolute atomic E-state index is 0.0298. The first-order chi connectivity index (χ1) is 8.15. The van der Waals surface area contributed by atoms with Crippen LogP contribution in [0.15, 0.2) is 12.7 Å². The van der Waals surface area contributed by atoms with Gasteiger partial charge in [-0.3, -0.25) is 4.90 Å². The predicted octanol–water partition coefficient (Wildman–Crippen LogP) is 1.73. The molecule has 1 heterocycles. The number of rotatable bonds is 3. The summed E-state index contributed by atoms with van der Waals surface area (Å²) in [6, 6.07) is -0.566. The number of likely N-dealkylation sites (tertiary alicyclic amines) is 1. The van der Waals surface area contributed by atoms with Crippen LogP contribution in [0.25, 0.3) is 0 Å². The van der Waals surface area contributed by atoms with E-state index in [0.29, 0.717) is 12.8 Å². The van der Waals surface area contributed by atoms with Gasteiger partial charge in [0.25, 0.3) is 0 Å². The lowest BCUT2D eigenvalue weighted by Gasteiger charge is -2.39. The molecule has 1 amide bonds. The van der Waals surface area contributed by atoms with E-state index in [2.05, 4.69) is 6.58 Å². The normalized spacial score (nSPS) is 24.0. The van der Waals surface area contributed by atoms with E-state index in [-0.39, 0.29) is 12.0 Å². The van der Waals surface area contributed by atoms with Crippen LogP contribution in [0, 0.1) is 0 Å². The van der Waals surface area contributed by atoms with Crippen molar-refractivity contribution in [2.24, 2.45) is 0 Å². The van der Waals surface area contributed by atoms with Gasteiger partial charge in [-0.1, -0.05) is 6.08 Å². The first-order valence-corrected chi connectivity index (χ1v) is 5.70. The number of carbonyl (C=O) groups is 2. The Bertz CT molecular complexity index is 303. The van der Waals surface area contributed by atoms with E-state index in [0.717, 1.165) is 12.8 Å². The van der Waals surface area contributed by atoms with Crippen molar-refractivity contribution in [1.29, 1.82) is 0 Å². The fraction of sp³-hybridized carbons (Fsp3) is 0.667. The molecule has 96 valence electrons. The van der Waals surface area contributed by atoms with Crippen molar-refractivity contribution in [2.45, 2.75) is 37.8 Å². The van der Waals surface area contributed by atoms with Crippen LogP contribution in [0.5, 0.6) is 0 Å². The molecule has 0 saturated carbocycles. The Hall–Kier alpha value is -1.52. The highest BCUT2D eigenvalue weighted by Gasteiger charge is 2.38. The Morgan fingerprint density at radius 3 is 2.59 bits per heavy atom. The predicted molar refractivity (Wildman–Crippen MR) is 62.5 cm³/mol. The van der Waals surface area contributed by atoms with Crippen LogP contribution < -0.4 is 0 Å². The Labute approximate surface area is 101 Å². The molecule has 1 saturated heterocycles. The number of carbonyl (C=O) groups excluding carboxylic acids is 2. The summed E-state index contributed by atoms with van der Waals surface area (Å²) in [7, 11) is 2.64. The standard InChI is InChI=1S/C12H19NO4/c1-4-6-9-7-5-8-10(11(14)16-2)13(9)12(15)17-3/h4,9-10H,1,5-8H2,2-3H3/t9-,10-/m1/s1. The monoisotopic (exact) mass is 241 g/mol. The Morgan fingerprint density at radius 1 is 1.35 bits per heavy atom. The van der Waals surface area contributed by atoms with Crippen molar-refractivity contribution < 1.29 is 19.1 Å². The van der Waals surface area contributed by atoms with Crippen LogP contribution in [-0.2, 0) is 14.3 Å². The molecule has 5 heteroatoms. The van der Waals surface area contributed by atoms with Gasteiger partial charge in [0.05, 0.1) is 14.2 Å². The zero-order valence-corrected chi connectivity index (χ0v) is 10.3. The van der Waals surface area contributed by atoms with Crippen molar-refractivity contribution in [3.8, 4) is 0 Å². The van der Waals surface area contributed by atoms with E-state index in [4.69, 9.17) is 9.47 Å². The third-order valence-corrected chi connectivity index (χ3v) is 3.04. The summed E-state index contributed by atoms with van der Waals surface area (Å²) in [5, 5.41) is 0. The van der Waals surface area contributed by atoms with Gasteiger partial charge < -0.3 is 9.47 Å². The van der Waals surface area contributed by atoms with Crippen LogP contribution >= 0.6 is 0 Å². The zero-order chi connectivity index (χ0) is 12.8. The molecule has 1 fully saturated rings. The lowest BCUT2D eigenvalue weighted by Crippen LogP contribution is -2.53. The maximum atomic E-state index is 11.7. The molecular weight excluding hydrogens is 222 g/mol. The van der Waals surface area contributed by atoms with E-state index >= 15 is 0 Å². The highest BCUT2D eigenvalue weighted by Crippen LogP contribution is 2.26. The summed E-state index contributed by atoms with van der Waals surface area (Å²) < 4.78 is 9.46. The van der Waals surface area contributed by atoms with E-state index in [1.807, 2.05) is 0 Å². The summed E-state index contributed by atoms with van der Waals surface area (Å²) in [6.07, 6.45) is 4.30. The van der Waals surface area contributed by atoms with Gasteiger partial charge in [0, 0.05) is 6.04 Å². The van der Waals surface area contributed by atoms with Gasteiger partial charge in [0.15, 0.2) is 0 Å². The van der Waals surface area contributed by atoms with Crippen LogP contribution in [0.4, 0.5) is 4.79 Å². The van der Waals surface area contributed by atoms with Gasteiger partial charge in [-0.05, 0) is 25.7 Å². The summed E-state index contributed by atoms with van der Waals surface area (Å²) in [5.74, 6) is -0.385. The maximum absolute atomic E-state index is 11.7. The number of esters is 1. The molecular formula is C12H19NO4. The second-order valence-corrected chi connectivity index (χ2v) is 4.03. The molecule has 1 aliphatic heterocycles. The second kappa shape index (κ2) is 6.27. The van der Waals surface area contributed by atoms with Crippen LogP contribution in [0.1, 0.15) is 25.7 Å². The molecule has 0 N–H and O–H groups in total. The average Bonchev–Trinajstić information content (AvgIpc) is 2.37. The lowest BCUT2D eigenvalue weighted by molar-refractivity contribution is -0.148. The average molecular weight is 241 g/mol. The zero-order valence-electron chi connectivity index (χ0n) is 10.3. The van der Waals surface area contributed by atoms with Gasteiger partial charge in [-0.25, -0.2) is 9.59 Å². The quantitative estimate of drug-likeness (QED) is 0.557. The topological polar surface area (TPSA) is 55.8 Å². The van der Waals surface area contributed by atoms with E-state index in [9.17, 15) is 9.59 Å². The number of hydrogen-bond acceptors (Lipinski definition) is 4. The van der Waals surface area contributed by atoms with E-state index in [1.54, 1.807) is 6.08 Å². The smallest absolute Gasteiger partial charge is 0.410 e. The van der Waals surface area contributed by atoms with Gasteiger partial charge in [-0.2, -0.15) is 0 Å². The third kappa shape index (κ3) is 2.99. The van der Waals surface area contributed by atoms with Crippen molar-refractivity contribution in [2.75, 3.05) is 14.2 Å². The molecule has 0 aromatic rings. The molecule has 0 spiro atoms. The van der Waals surface area contributed by atoms with Crippen molar-refractivity contribution >= 4 is 12.1 Å². The van der Waals surface area contributed by atoms with Gasteiger partial charge in [0.2, 0.25) is 0 Å². The van der Waals surface area contributed by atoms with E-state index in [1.165, 1.54) is 19.1 Å².